The third kappa shape index (κ3) is 6.50. The molecule has 0 saturated carbocycles. The summed E-state index contributed by atoms with van der Waals surface area (Å²) in [5.74, 6) is -0.176. The van der Waals surface area contributed by atoms with Gasteiger partial charge >= 0.3 is 0 Å². The van der Waals surface area contributed by atoms with Crippen molar-refractivity contribution in [2.45, 2.75) is 45.4 Å². The number of piperidine rings is 1. The predicted molar refractivity (Wildman–Crippen MR) is 147 cm³/mol. The van der Waals surface area contributed by atoms with Crippen LogP contribution in [-0.2, 0) is 9.59 Å². The van der Waals surface area contributed by atoms with E-state index in [9.17, 15) is 9.59 Å². The first-order valence-corrected chi connectivity index (χ1v) is 13.8. The van der Waals surface area contributed by atoms with E-state index in [1.807, 2.05) is 36.9 Å². The lowest BCUT2D eigenvalue weighted by molar-refractivity contribution is -0.136. The Bertz CT molecular complexity index is 1040. The summed E-state index contributed by atoms with van der Waals surface area (Å²) in [6.45, 7) is 8.70. The molecule has 37 heavy (non-hydrogen) atoms. The van der Waals surface area contributed by atoms with Crippen LogP contribution < -0.4 is 10.2 Å². The van der Waals surface area contributed by atoms with Gasteiger partial charge in [-0.15, -0.1) is 0 Å². The SMILES string of the molecule is CCC(CC)C(=O)Nc1ccc(N2CCC(C(C(=O)N3CCN(C)CC3)c3ccccc3)CC2)c(F)c1. The first kappa shape index (κ1) is 27.1. The maximum atomic E-state index is 15.1. The number of hydrogen-bond acceptors (Lipinski definition) is 4. The van der Waals surface area contributed by atoms with Crippen LogP contribution in [0.15, 0.2) is 48.5 Å². The molecule has 2 saturated heterocycles. The van der Waals surface area contributed by atoms with Crippen LogP contribution in [0.3, 0.4) is 0 Å². The number of benzene rings is 2. The van der Waals surface area contributed by atoms with Gasteiger partial charge in [0.15, 0.2) is 0 Å². The summed E-state index contributed by atoms with van der Waals surface area (Å²) >= 11 is 0. The summed E-state index contributed by atoms with van der Waals surface area (Å²) in [6, 6.07) is 15.1. The third-order valence-electron chi connectivity index (χ3n) is 8.16. The van der Waals surface area contributed by atoms with Gasteiger partial charge in [0.1, 0.15) is 5.82 Å². The molecule has 0 radical (unpaired) electrons. The molecule has 2 fully saturated rings. The number of piperazine rings is 1. The highest BCUT2D eigenvalue weighted by molar-refractivity contribution is 5.92. The van der Waals surface area contributed by atoms with Crippen LogP contribution in [0, 0.1) is 17.7 Å². The van der Waals surface area contributed by atoms with Gasteiger partial charge in [0.05, 0.1) is 11.6 Å². The van der Waals surface area contributed by atoms with Gasteiger partial charge in [-0.1, -0.05) is 44.2 Å². The number of halogens is 1. The fraction of sp³-hybridized carbons (Fsp3) is 0.533. The van der Waals surface area contributed by atoms with Crippen LogP contribution in [0.1, 0.15) is 51.0 Å². The van der Waals surface area contributed by atoms with E-state index in [0.717, 1.165) is 57.4 Å². The van der Waals surface area contributed by atoms with E-state index in [1.165, 1.54) is 6.07 Å². The Kier molecular flexibility index (Phi) is 9.19. The Morgan fingerprint density at radius 3 is 2.19 bits per heavy atom. The lowest BCUT2D eigenvalue weighted by Gasteiger charge is -2.40. The Morgan fingerprint density at radius 2 is 1.59 bits per heavy atom. The average molecular weight is 509 g/mol. The summed E-state index contributed by atoms with van der Waals surface area (Å²) in [7, 11) is 2.10. The third-order valence-corrected chi connectivity index (χ3v) is 8.16. The van der Waals surface area contributed by atoms with E-state index in [0.29, 0.717) is 24.5 Å². The van der Waals surface area contributed by atoms with E-state index in [-0.39, 0.29) is 35.4 Å². The highest BCUT2D eigenvalue weighted by Crippen LogP contribution is 2.36. The molecule has 200 valence electrons. The van der Waals surface area contributed by atoms with Crippen molar-refractivity contribution in [1.29, 1.82) is 0 Å². The Labute approximate surface area is 220 Å². The zero-order chi connectivity index (χ0) is 26.4. The normalized spacial score (nSPS) is 18.2. The number of hydrogen-bond donors (Lipinski definition) is 1. The maximum absolute atomic E-state index is 15.1. The topological polar surface area (TPSA) is 55.9 Å². The smallest absolute Gasteiger partial charge is 0.230 e. The van der Waals surface area contributed by atoms with Gasteiger partial charge in [-0.3, -0.25) is 9.59 Å². The zero-order valence-electron chi connectivity index (χ0n) is 22.5. The van der Waals surface area contributed by atoms with Crippen LogP contribution in [0.5, 0.6) is 0 Å². The lowest BCUT2D eigenvalue weighted by atomic mass is 9.79. The fourth-order valence-electron chi connectivity index (χ4n) is 5.72. The van der Waals surface area contributed by atoms with Crippen molar-refractivity contribution in [3.63, 3.8) is 0 Å². The molecule has 4 rings (SSSR count). The minimum atomic E-state index is -0.325. The molecule has 1 unspecified atom stereocenters. The fourth-order valence-corrected chi connectivity index (χ4v) is 5.72. The van der Waals surface area contributed by atoms with Crippen molar-refractivity contribution in [1.82, 2.24) is 9.80 Å². The molecule has 0 spiro atoms. The Hall–Kier alpha value is -2.93. The summed E-state index contributed by atoms with van der Waals surface area (Å²) in [4.78, 5) is 32.5. The van der Waals surface area contributed by atoms with Crippen LogP contribution in [0.2, 0.25) is 0 Å². The number of nitrogens with zero attached hydrogens (tertiary/aromatic N) is 3. The van der Waals surface area contributed by atoms with Gasteiger partial charge in [0, 0.05) is 50.9 Å². The Morgan fingerprint density at radius 1 is 0.946 bits per heavy atom. The van der Waals surface area contributed by atoms with Gasteiger partial charge < -0.3 is 20.0 Å². The number of anilines is 2. The Balaban J connectivity index is 1.43. The van der Waals surface area contributed by atoms with Crippen LogP contribution in [0.25, 0.3) is 0 Å². The number of likely N-dealkylation sites (N-methyl/N-ethyl adjacent to an activating group) is 1. The number of carbonyl (C=O) groups excluding carboxylic acids is 2. The molecule has 6 nitrogen and oxygen atoms in total. The maximum Gasteiger partial charge on any atom is 0.230 e. The lowest BCUT2D eigenvalue weighted by Crippen LogP contribution is -2.50. The quantitative estimate of drug-likeness (QED) is 0.547. The number of amides is 2. The molecule has 2 aliphatic rings. The van der Waals surface area contributed by atoms with Crippen molar-refractivity contribution < 1.29 is 14.0 Å². The largest absolute Gasteiger partial charge is 0.369 e. The van der Waals surface area contributed by atoms with E-state index in [2.05, 4.69) is 34.3 Å². The van der Waals surface area contributed by atoms with Crippen molar-refractivity contribution in [2.24, 2.45) is 11.8 Å². The second-order valence-corrected chi connectivity index (χ2v) is 10.5. The molecule has 2 aromatic carbocycles. The van der Waals surface area contributed by atoms with E-state index >= 15 is 4.39 Å². The van der Waals surface area contributed by atoms with Crippen molar-refractivity contribution in [2.75, 3.05) is 56.5 Å². The van der Waals surface area contributed by atoms with Gasteiger partial charge in [0.25, 0.3) is 0 Å². The van der Waals surface area contributed by atoms with E-state index in [4.69, 9.17) is 0 Å². The number of rotatable bonds is 8. The second-order valence-electron chi connectivity index (χ2n) is 10.5. The van der Waals surface area contributed by atoms with E-state index in [1.54, 1.807) is 12.1 Å². The second kappa shape index (κ2) is 12.5. The molecule has 2 heterocycles. The summed E-state index contributed by atoms with van der Waals surface area (Å²) in [5.41, 5.74) is 2.13. The van der Waals surface area contributed by atoms with Gasteiger partial charge in [-0.05, 0) is 62.4 Å². The number of nitrogens with one attached hydrogen (secondary N) is 1. The average Bonchev–Trinajstić information content (AvgIpc) is 2.91. The minimum Gasteiger partial charge on any atom is -0.369 e. The molecule has 7 heteroatoms. The van der Waals surface area contributed by atoms with Gasteiger partial charge in [-0.2, -0.15) is 0 Å². The van der Waals surface area contributed by atoms with Gasteiger partial charge in [0.2, 0.25) is 11.8 Å². The highest BCUT2D eigenvalue weighted by Gasteiger charge is 2.36. The summed E-state index contributed by atoms with van der Waals surface area (Å²) < 4.78 is 15.1. The summed E-state index contributed by atoms with van der Waals surface area (Å²) in [6.07, 6.45) is 3.18. The molecular formula is C30H41FN4O2. The van der Waals surface area contributed by atoms with Crippen LogP contribution in [0.4, 0.5) is 15.8 Å². The van der Waals surface area contributed by atoms with Crippen molar-refractivity contribution >= 4 is 23.2 Å². The monoisotopic (exact) mass is 508 g/mol. The van der Waals surface area contributed by atoms with Crippen molar-refractivity contribution in [3.05, 3.63) is 59.9 Å². The molecule has 1 N–H and O–H groups in total. The first-order valence-electron chi connectivity index (χ1n) is 13.8. The number of carbonyl (C=O) groups is 2. The standard InChI is InChI=1S/C30H41FN4O2/c1-4-22(5-2)29(36)32-25-11-12-27(26(31)21-25)34-15-13-24(14-16-34)28(23-9-7-6-8-10-23)30(37)35-19-17-33(3)18-20-35/h6-12,21-22,24,28H,4-5,13-20H2,1-3H3,(H,32,36). The van der Waals surface area contributed by atoms with E-state index < -0.39 is 0 Å². The predicted octanol–water partition coefficient (Wildman–Crippen LogP) is 4.97. The van der Waals surface area contributed by atoms with Crippen LogP contribution in [-0.4, -0.2) is 67.9 Å². The van der Waals surface area contributed by atoms with Crippen LogP contribution >= 0.6 is 0 Å². The molecule has 1 atom stereocenters. The molecule has 2 amide bonds. The summed E-state index contributed by atoms with van der Waals surface area (Å²) in [5, 5.41) is 2.86. The molecule has 2 aromatic rings. The molecule has 0 bridgehead atoms. The molecule has 2 aliphatic heterocycles. The van der Waals surface area contributed by atoms with Crippen molar-refractivity contribution in [3.8, 4) is 0 Å². The first-order chi connectivity index (χ1) is 17.9. The molecule has 0 aromatic heterocycles. The molecular weight excluding hydrogens is 467 g/mol. The minimum absolute atomic E-state index is 0.0602. The zero-order valence-corrected chi connectivity index (χ0v) is 22.5. The molecule has 0 aliphatic carbocycles. The van der Waals surface area contributed by atoms with Gasteiger partial charge in [-0.25, -0.2) is 4.39 Å². The highest BCUT2D eigenvalue weighted by atomic mass is 19.1.